The molecule has 0 fully saturated rings. The maximum Gasteiger partial charge on any atom is 0.211 e. The van der Waals surface area contributed by atoms with Crippen molar-refractivity contribution in [3.63, 3.8) is 0 Å². The zero-order valence-corrected chi connectivity index (χ0v) is 11.1. The lowest BCUT2D eigenvalue weighted by atomic mass is 9.88. The number of hydrogen-bond acceptors (Lipinski definition) is 3. The number of anilines is 1. The molecule has 0 saturated heterocycles. The summed E-state index contributed by atoms with van der Waals surface area (Å²) in [6.45, 7) is 5.23. The summed E-state index contributed by atoms with van der Waals surface area (Å²) in [5.74, 6) is -0.0325. The second kappa shape index (κ2) is 4.19. The van der Waals surface area contributed by atoms with Crippen LogP contribution in [0.4, 0.5) is 5.69 Å². The summed E-state index contributed by atoms with van der Waals surface area (Å²) in [5, 5.41) is 3.34. The highest BCUT2D eigenvalue weighted by atomic mass is 16.1. The standard InChI is InChI=1S/C16H16N2O/c1-16(2)10-18-13-8-14(17-9-12(13)16)15(19)11-6-4-3-5-7-11/h3-9,18H,10H2,1-2H3. The number of aromatic nitrogens is 1. The van der Waals surface area contributed by atoms with Gasteiger partial charge >= 0.3 is 0 Å². The molecule has 1 aromatic heterocycles. The van der Waals surface area contributed by atoms with Crippen LogP contribution in [0.15, 0.2) is 42.6 Å². The fourth-order valence-electron chi connectivity index (χ4n) is 2.41. The number of carbonyl (C=O) groups is 1. The molecule has 19 heavy (non-hydrogen) atoms. The van der Waals surface area contributed by atoms with Gasteiger partial charge in [-0.25, -0.2) is 0 Å². The van der Waals surface area contributed by atoms with Gasteiger partial charge in [0.05, 0.1) is 0 Å². The third-order valence-electron chi connectivity index (χ3n) is 3.62. The number of hydrogen-bond donors (Lipinski definition) is 1. The zero-order chi connectivity index (χ0) is 13.5. The van der Waals surface area contributed by atoms with Crippen molar-refractivity contribution in [1.29, 1.82) is 0 Å². The number of ketones is 1. The van der Waals surface area contributed by atoms with E-state index in [-0.39, 0.29) is 11.2 Å². The van der Waals surface area contributed by atoms with Gasteiger partial charge in [0, 0.05) is 35.0 Å². The summed E-state index contributed by atoms with van der Waals surface area (Å²) in [6, 6.07) is 11.1. The predicted molar refractivity (Wildman–Crippen MR) is 75.6 cm³/mol. The summed E-state index contributed by atoms with van der Waals surface area (Å²) in [5.41, 5.74) is 3.45. The lowest BCUT2D eigenvalue weighted by Gasteiger charge is -2.16. The van der Waals surface area contributed by atoms with Gasteiger partial charge < -0.3 is 5.32 Å². The molecule has 2 heterocycles. The molecule has 0 radical (unpaired) electrons. The molecule has 0 aliphatic carbocycles. The van der Waals surface area contributed by atoms with Gasteiger partial charge in [-0.3, -0.25) is 9.78 Å². The van der Waals surface area contributed by atoms with Crippen LogP contribution in [0.1, 0.15) is 35.5 Å². The normalized spacial score (nSPS) is 15.7. The Hall–Kier alpha value is -2.16. The maximum atomic E-state index is 12.3. The van der Waals surface area contributed by atoms with E-state index in [1.165, 1.54) is 5.56 Å². The number of nitrogens with zero attached hydrogens (tertiary/aromatic N) is 1. The van der Waals surface area contributed by atoms with Crippen LogP contribution in [-0.2, 0) is 5.41 Å². The Morgan fingerprint density at radius 3 is 2.74 bits per heavy atom. The van der Waals surface area contributed by atoms with E-state index in [9.17, 15) is 4.79 Å². The molecule has 3 heteroatoms. The van der Waals surface area contributed by atoms with Crippen molar-refractivity contribution in [2.75, 3.05) is 11.9 Å². The van der Waals surface area contributed by atoms with Gasteiger partial charge in [-0.2, -0.15) is 0 Å². The van der Waals surface area contributed by atoms with Gasteiger partial charge in [0.15, 0.2) is 0 Å². The molecule has 1 aliphatic heterocycles. The van der Waals surface area contributed by atoms with Crippen LogP contribution in [0, 0.1) is 0 Å². The van der Waals surface area contributed by atoms with Crippen LogP contribution in [0.5, 0.6) is 0 Å². The van der Waals surface area contributed by atoms with E-state index in [1.807, 2.05) is 42.6 Å². The van der Waals surface area contributed by atoms with E-state index in [1.54, 1.807) is 0 Å². The molecule has 0 spiro atoms. The molecule has 1 aromatic carbocycles. The first-order valence-electron chi connectivity index (χ1n) is 6.42. The van der Waals surface area contributed by atoms with Gasteiger partial charge in [-0.15, -0.1) is 0 Å². The van der Waals surface area contributed by atoms with Crippen LogP contribution in [-0.4, -0.2) is 17.3 Å². The van der Waals surface area contributed by atoms with E-state index >= 15 is 0 Å². The van der Waals surface area contributed by atoms with Crippen molar-refractivity contribution < 1.29 is 4.79 Å². The number of pyridine rings is 1. The first-order chi connectivity index (χ1) is 9.08. The van der Waals surface area contributed by atoms with Crippen molar-refractivity contribution in [3.8, 4) is 0 Å². The van der Waals surface area contributed by atoms with Gasteiger partial charge in [-0.1, -0.05) is 44.2 Å². The highest BCUT2D eigenvalue weighted by Crippen LogP contribution is 2.35. The van der Waals surface area contributed by atoms with Crippen LogP contribution >= 0.6 is 0 Å². The fraction of sp³-hybridized carbons (Fsp3) is 0.250. The highest BCUT2D eigenvalue weighted by molar-refractivity contribution is 6.08. The van der Waals surface area contributed by atoms with Crippen molar-refractivity contribution >= 4 is 11.5 Å². The maximum absolute atomic E-state index is 12.3. The van der Waals surface area contributed by atoms with E-state index in [4.69, 9.17) is 0 Å². The minimum atomic E-state index is -0.0325. The monoisotopic (exact) mass is 252 g/mol. The topological polar surface area (TPSA) is 42.0 Å². The third-order valence-corrected chi connectivity index (χ3v) is 3.62. The number of fused-ring (bicyclic) bond motifs is 1. The summed E-state index contributed by atoms with van der Waals surface area (Å²) in [4.78, 5) is 16.6. The number of carbonyl (C=O) groups excluding carboxylic acids is 1. The lowest BCUT2D eigenvalue weighted by molar-refractivity contribution is 0.103. The molecular formula is C16H16N2O. The quantitative estimate of drug-likeness (QED) is 0.835. The summed E-state index contributed by atoms with van der Waals surface area (Å²) in [6.07, 6.45) is 1.82. The largest absolute Gasteiger partial charge is 0.384 e. The fourth-order valence-corrected chi connectivity index (χ4v) is 2.41. The molecule has 96 valence electrons. The third kappa shape index (κ3) is 2.01. The Morgan fingerprint density at radius 1 is 1.26 bits per heavy atom. The molecule has 3 nitrogen and oxygen atoms in total. The van der Waals surface area contributed by atoms with E-state index in [2.05, 4.69) is 24.1 Å². The molecule has 0 saturated carbocycles. The molecule has 0 unspecified atom stereocenters. The average Bonchev–Trinajstić information content (AvgIpc) is 2.74. The Kier molecular flexibility index (Phi) is 2.63. The van der Waals surface area contributed by atoms with Crippen molar-refractivity contribution in [2.24, 2.45) is 0 Å². The second-order valence-electron chi connectivity index (χ2n) is 5.55. The van der Waals surface area contributed by atoms with Crippen LogP contribution in [0.25, 0.3) is 0 Å². The Labute approximate surface area is 112 Å². The van der Waals surface area contributed by atoms with Crippen molar-refractivity contribution in [2.45, 2.75) is 19.3 Å². The Morgan fingerprint density at radius 2 is 2.00 bits per heavy atom. The SMILES string of the molecule is CC1(C)CNc2cc(C(=O)c3ccccc3)ncc21. The van der Waals surface area contributed by atoms with E-state index < -0.39 is 0 Å². The minimum Gasteiger partial charge on any atom is -0.384 e. The van der Waals surface area contributed by atoms with Crippen LogP contribution in [0.3, 0.4) is 0 Å². The van der Waals surface area contributed by atoms with Gasteiger partial charge in [0.1, 0.15) is 5.69 Å². The highest BCUT2D eigenvalue weighted by Gasteiger charge is 2.30. The van der Waals surface area contributed by atoms with Crippen LogP contribution in [0.2, 0.25) is 0 Å². The van der Waals surface area contributed by atoms with Gasteiger partial charge in [-0.05, 0) is 6.07 Å². The van der Waals surface area contributed by atoms with Crippen molar-refractivity contribution in [1.82, 2.24) is 4.98 Å². The van der Waals surface area contributed by atoms with Crippen molar-refractivity contribution in [3.05, 3.63) is 59.4 Å². The average molecular weight is 252 g/mol. The van der Waals surface area contributed by atoms with E-state index in [0.717, 1.165) is 12.2 Å². The number of rotatable bonds is 2. The van der Waals surface area contributed by atoms with Gasteiger partial charge in [0.25, 0.3) is 0 Å². The van der Waals surface area contributed by atoms with Crippen LogP contribution < -0.4 is 5.32 Å². The number of benzene rings is 1. The molecule has 0 amide bonds. The van der Waals surface area contributed by atoms with E-state index in [0.29, 0.717) is 11.3 Å². The molecule has 1 aliphatic rings. The molecule has 1 N–H and O–H groups in total. The summed E-state index contributed by atoms with van der Waals surface area (Å²) in [7, 11) is 0. The molecule has 3 rings (SSSR count). The first kappa shape index (κ1) is 11.9. The second-order valence-corrected chi connectivity index (χ2v) is 5.55. The predicted octanol–water partition coefficient (Wildman–Crippen LogP) is 3.02. The molecular weight excluding hydrogens is 236 g/mol. The molecule has 0 atom stereocenters. The lowest BCUT2D eigenvalue weighted by Crippen LogP contribution is -2.19. The summed E-state index contributed by atoms with van der Waals surface area (Å²) < 4.78 is 0. The minimum absolute atomic E-state index is 0.0325. The first-order valence-corrected chi connectivity index (χ1v) is 6.42. The Balaban J connectivity index is 1.99. The smallest absolute Gasteiger partial charge is 0.211 e. The zero-order valence-electron chi connectivity index (χ0n) is 11.1. The number of nitrogens with one attached hydrogen (secondary N) is 1. The molecule has 2 aromatic rings. The molecule has 0 bridgehead atoms. The van der Waals surface area contributed by atoms with Gasteiger partial charge in [0.2, 0.25) is 5.78 Å². The summed E-state index contributed by atoms with van der Waals surface area (Å²) >= 11 is 0. The Bertz CT molecular complexity index is 632.